The van der Waals surface area contributed by atoms with Crippen LogP contribution in [0.5, 0.6) is 5.75 Å². The van der Waals surface area contributed by atoms with E-state index in [4.69, 9.17) is 9.47 Å². The molecule has 0 saturated carbocycles. The molecule has 27 heavy (non-hydrogen) atoms. The standard InChI is InChI=1S/C18H21N3O5S/c1-25-17-10-14(5-6-15(17)18(22)26-2)27(23,24)21-9-8-20-12-16(21)13-4-3-7-19-11-13/h3-7,10-11,16,20H,8-9,12H2,1-2H3. The van der Waals surface area contributed by atoms with Gasteiger partial charge in [0.05, 0.1) is 25.2 Å². The molecule has 1 aliphatic heterocycles. The van der Waals surface area contributed by atoms with Crippen molar-refractivity contribution < 1.29 is 22.7 Å². The number of esters is 1. The molecule has 1 fully saturated rings. The Morgan fingerprint density at radius 1 is 1.30 bits per heavy atom. The first-order chi connectivity index (χ1) is 13.0. The number of pyridine rings is 1. The van der Waals surface area contributed by atoms with E-state index >= 15 is 0 Å². The number of aromatic nitrogens is 1. The van der Waals surface area contributed by atoms with Crippen LogP contribution in [-0.2, 0) is 14.8 Å². The second kappa shape index (κ2) is 8.03. The van der Waals surface area contributed by atoms with Crippen molar-refractivity contribution in [2.24, 2.45) is 0 Å². The molecule has 144 valence electrons. The molecular formula is C18H21N3O5S. The first-order valence-corrected chi connectivity index (χ1v) is 9.82. The third kappa shape index (κ3) is 3.80. The van der Waals surface area contributed by atoms with Crippen LogP contribution in [0.2, 0.25) is 0 Å². The van der Waals surface area contributed by atoms with Crippen molar-refractivity contribution >= 4 is 16.0 Å². The lowest BCUT2D eigenvalue weighted by atomic mass is 10.1. The normalized spacial score (nSPS) is 18.1. The minimum atomic E-state index is -3.81. The van der Waals surface area contributed by atoms with Gasteiger partial charge in [-0.25, -0.2) is 13.2 Å². The number of hydrogen-bond acceptors (Lipinski definition) is 7. The van der Waals surface area contributed by atoms with E-state index in [1.807, 2.05) is 6.07 Å². The molecule has 2 heterocycles. The first-order valence-electron chi connectivity index (χ1n) is 8.38. The second-order valence-corrected chi connectivity index (χ2v) is 7.87. The Balaban J connectivity index is 2.00. The molecule has 0 amide bonds. The van der Waals surface area contributed by atoms with Crippen LogP contribution < -0.4 is 10.1 Å². The number of nitrogens with zero attached hydrogens (tertiary/aromatic N) is 2. The number of sulfonamides is 1. The fourth-order valence-corrected chi connectivity index (χ4v) is 4.71. The number of benzene rings is 1. The fraction of sp³-hybridized carbons (Fsp3) is 0.333. The van der Waals surface area contributed by atoms with E-state index < -0.39 is 16.0 Å². The van der Waals surface area contributed by atoms with Crippen LogP contribution in [0.15, 0.2) is 47.6 Å². The molecule has 1 unspecified atom stereocenters. The summed E-state index contributed by atoms with van der Waals surface area (Å²) in [5.74, 6) is -0.442. The second-order valence-electron chi connectivity index (χ2n) is 5.98. The fourth-order valence-electron chi connectivity index (χ4n) is 3.08. The number of carbonyl (C=O) groups excluding carboxylic acids is 1. The molecule has 8 nitrogen and oxygen atoms in total. The summed E-state index contributed by atoms with van der Waals surface area (Å²) in [4.78, 5) is 16.0. The van der Waals surface area contributed by atoms with Gasteiger partial charge in [0.2, 0.25) is 10.0 Å². The van der Waals surface area contributed by atoms with Gasteiger partial charge in [-0.2, -0.15) is 4.31 Å². The van der Waals surface area contributed by atoms with Crippen LogP contribution in [-0.4, -0.2) is 57.5 Å². The molecule has 3 rings (SSSR count). The number of rotatable bonds is 5. The highest BCUT2D eigenvalue weighted by atomic mass is 32.2. The van der Waals surface area contributed by atoms with E-state index in [-0.39, 0.29) is 22.3 Å². The van der Waals surface area contributed by atoms with Crippen molar-refractivity contribution in [3.05, 3.63) is 53.9 Å². The summed E-state index contributed by atoms with van der Waals surface area (Å²) < 4.78 is 37.9. The lowest BCUT2D eigenvalue weighted by Crippen LogP contribution is -2.48. The van der Waals surface area contributed by atoms with Gasteiger partial charge in [-0.05, 0) is 23.8 Å². The van der Waals surface area contributed by atoms with Crippen LogP contribution in [0.3, 0.4) is 0 Å². The third-order valence-electron chi connectivity index (χ3n) is 4.45. The van der Waals surface area contributed by atoms with E-state index in [9.17, 15) is 13.2 Å². The quantitative estimate of drug-likeness (QED) is 0.765. The SMILES string of the molecule is COC(=O)c1ccc(S(=O)(=O)N2CCNCC2c2cccnc2)cc1OC. The molecule has 1 aromatic carbocycles. The van der Waals surface area contributed by atoms with Gasteiger partial charge in [-0.3, -0.25) is 4.98 Å². The van der Waals surface area contributed by atoms with Gasteiger partial charge < -0.3 is 14.8 Å². The van der Waals surface area contributed by atoms with E-state index in [0.717, 1.165) is 5.56 Å². The van der Waals surface area contributed by atoms with Crippen molar-refractivity contribution in [3.63, 3.8) is 0 Å². The number of nitrogens with one attached hydrogen (secondary N) is 1. The number of carbonyl (C=O) groups is 1. The predicted octanol–water partition coefficient (Wildman–Crippen LogP) is 1.21. The maximum absolute atomic E-state index is 13.3. The topological polar surface area (TPSA) is 97.8 Å². The van der Waals surface area contributed by atoms with Crippen molar-refractivity contribution in [2.45, 2.75) is 10.9 Å². The van der Waals surface area contributed by atoms with Gasteiger partial charge in [0.1, 0.15) is 11.3 Å². The molecule has 2 aromatic rings. The summed E-state index contributed by atoms with van der Waals surface area (Å²) in [6, 6.07) is 7.41. The zero-order valence-electron chi connectivity index (χ0n) is 15.1. The first kappa shape index (κ1) is 19.3. The van der Waals surface area contributed by atoms with Crippen LogP contribution in [0, 0.1) is 0 Å². The zero-order valence-corrected chi connectivity index (χ0v) is 15.9. The summed E-state index contributed by atoms with van der Waals surface area (Å²) in [5, 5.41) is 3.22. The largest absolute Gasteiger partial charge is 0.496 e. The van der Waals surface area contributed by atoms with Gasteiger partial charge in [0, 0.05) is 38.1 Å². The molecule has 0 aliphatic carbocycles. The molecule has 0 spiro atoms. The Morgan fingerprint density at radius 3 is 2.78 bits per heavy atom. The van der Waals surface area contributed by atoms with Crippen molar-refractivity contribution in [2.75, 3.05) is 33.9 Å². The van der Waals surface area contributed by atoms with Gasteiger partial charge in [0.25, 0.3) is 0 Å². The summed E-state index contributed by atoms with van der Waals surface area (Å²) >= 11 is 0. The summed E-state index contributed by atoms with van der Waals surface area (Å²) in [7, 11) is -1.18. The van der Waals surface area contributed by atoms with Crippen LogP contribution >= 0.6 is 0 Å². The maximum Gasteiger partial charge on any atom is 0.341 e. The monoisotopic (exact) mass is 391 g/mol. The number of piperazine rings is 1. The Morgan fingerprint density at radius 2 is 2.11 bits per heavy atom. The number of ether oxygens (including phenoxy) is 2. The van der Waals surface area contributed by atoms with Gasteiger partial charge in [-0.1, -0.05) is 6.07 Å². The number of methoxy groups -OCH3 is 2. The molecule has 0 radical (unpaired) electrons. The van der Waals surface area contributed by atoms with Crippen LogP contribution in [0.1, 0.15) is 22.0 Å². The smallest absolute Gasteiger partial charge is 0.341 e. The third-order valence-corrected chi connectivity index (χ3v) is 6.35. The van der Waals surface area contributed by atoms with E-state index in [2.05, 4.69) is 10.3 Å². The lowest BCUT2D eigenvalue weighted by molar-refractivity contribution is 0.0597. The molecule has 1 N–H and O–H groups in total. The Labute approximate surface area is 158 Å². The number of hydrogen-bond donors (Lipinski definition) is 1. The molecule has 1 aliphatic rings. The molecule has 0 bridgehead atoms. The van der Waals surface area contributed by atoms with Gasteiger partial charge in [-0.15, -0.1) is 0 Å². The molecule has 1 aromatic heterocycles. The lowest BCUT2D eigenvalue weighted by Gasteiger charge is -2.35. The van der Waals surface area contributed by atoms with E-state index in [0.29, 0.717) is 19.6 Å². The highest BCUT2D eigenvalue weighted by molar-refractivity contribution is 7.89. The summed E-state index contributed by atoms with van der Waals surface area (Å²) in [6.45, 7) is 1.36. The zero-order chi connectivity index (χ0) is 19.4. The average molecular weight is 391 g/mol. The van der Waals surface area contributed by atoms with E-state index in [1.54, 1.807) is 18.5 Å². The van der Waals surface area contributed by atoms with Gasteiger partial charge in [0.15, 0.2) is 0 Å². The van der Waals surface area contributed by atoms with Crippen LogP contribution in [0.4, 0.5) is 0 Å². The van der Waals surface area contributed by atoms with Gasteiger partial charge >= 0.3 is 5.97 Å². The average Bonchev–Trinajstić information content (AvgIpc) is 2.73. The molecular weight excluding hydrogens is 370 g/mol. The van der Waals surface area contributed by atoms with Crippen molar-refractivity contribution in [1.82, 2.24) is 14.6 Å². The molecule has 1 saturated heterocycles. The summed E-state index contributed by atoms with van der Waals surface area (Å²) in [6.07, 6.45) is 3.32. The maximum atomic E-state index is 13.3. The Bertz CT molecular complexity index is 918. The van der Waals surface area contributed by atoms with Crippen LogP contribution in [0.25, 0.3) is 0 Å². The van der Waals surface area contributed by atoms with Crippen molar-refractivity contribution in [3.8, 4) is 5.75 Å². The van der Waals surface area contributed by atoms with E-state index in [1.165, 1.54) is 36.7 Å². The minimum absolute atomic E-state index is 0.0581. The minimum Gasteiger partial charge on any atom is -0.496 e. The van der Waals surface area contributed by atoms with Crippen molar-refractivity contribution in [1.29, 1.82) is 0 Å². The molecule has 1 atom stereocenters. The Kier molecular flexibility index (Phi) is 5.73. The summed E-state index contributed by atoms with van der Waals surface area (Å²) in [5.41, 5.74) is 0.981. The molecule has 9 heteroatoms. The predicted molar refractivity (Wildman–Crippen MR) is 98.1 cm³/mol. The highest BCUT2D eigenvalue weighted by Gasteiger charge is 2.35. The Hall–Kier alpha value is -2.49. The highest BCUT2D eigenvalue weighted by Crippen LogP contribution is 2.31.